The Morgan fingerprint density at radius 2 is 1.78 bits per heavy atom. The Balaban J connectivity index is 1.97. The van der Waals surface area contributed by atoms with Crippen molar-refractivity contribution in [2.45, 2.75) is 19.3 Å². The van der Waals surface area contributed by atoms with Gasteiger partial charge in [0.25, 0.3) is 0 Å². The molecule has 2 fully saturated rings. The molecule has 0 saturated heterocycles. The molecule has 0 aliphatic heterocycles. The number of rotatable bonds is 1. The minimum atomic E-state index is -0.581. The molecule has 50 valence electrons. The molecule has 0 aromatic carbocycles. The molecule has 2 rings (SSSR count). The maximum Gasteiger partial charge on any atom is 0.306 e. The zero-order valence-corrected chi connectivity index (χ0v) is 5.21. The molecule has 1 unspecified atom stereocenters. The van der Waals surface area contributed by atoms with Crippen molar-refractivity contribution >= 4 is 5.97 Å². The maximum atomic E-state index is 10.4. The summed E-state index contributed by atoms with van der Waals surface area (Å²) >= 11 is 0. The maximum absolute atomic E-state index is 10.4. The lowest BCUT2D eigenvalue weighted by Crippen LogP contribution is -2.10. The molecule has 2 heteroatoms. The zero-order chi connectivity index (χ0) is 6.43. The van der Waals surface area contributed by atoms with Crippen molar-refractivity contribution < 1.29 is 9.90 Å². The van der Waals surface area contributed by atoms with Crippen LogP contribution in [0.5, 0.6) is 0 Å². The van der Waals surface area contributed by atoms with Crippen molar-refractivity contribution in [2.75, 3.05) is 0 Å². The van der Waals surface area contributed by atoms with Crippen LogP contribution in [0.1, 0.15) is 19.3 Å². The SMILES string of the molecule is O=C(O)C1C[C@@H]2C[C@@H]2C1. The number of carboxylic acids is 1. The fourth-order valence-electron chi connectivity index (χ4n) is 1.92. The average Bonchev–Trinajstić information content (AvgIpc) is 2.40. The molecule has 2 aliphatic carbocycles. The highest BCUT2D eigenvalue weighted by Gasteiger charge is 2.47. The fraction of sp³-hybridized carbons (Fsp3) is 0.857. The van der Waals surface area contributed by atoms with Gasteiger partial charge in [0.1, 0.15) is 0 Å². The monoisotopic (exact) mass is 126 g/mol. The number of aliphatic carboxylic acids is 1. The summed E-state index contributed by atoms with van der Waals surface area (Å²) in [5.74, 6) is 1.02. The Morgan fingerprint density at radius 1 is 1.22 bits per heavy atom. The third-order valence-electron chi connectivity index (χ3n) is 2.59. The van der Waals surface area contributed by atoms with Crippen molar-refractivity contribution in [3.05, 3.63) is 0 Å². The lowest BCUT2D eigenvalue weighted by atomic mass is 10.0. The molecule has 0 amide bonds. The Morgan fingerprint density at radius 3 is 2.11 bits per heavy atom. The highest BCUT2D eigenvalue weighted by Crippen LogP contribution is 2.54. The molecule has 9 heavy (non-hydrogen) atoms. The van der Waals surface area contributed by atoms with Gasteiger partial charge >= 0.3 is 5.97 Å². The minimum Gasteiger partial charge on any atom is -0.481 e. The molecule has 0 heterocycles. The summed E-state index contributed by atoms with van der Waals surface area (Å²) in [6.07, 6.45) is 3.23. The van der Waals surface area contributed by atoms with Gasteiger partial charge in [0.2, 0.25) is 0 Å². The summed E-state index contributed by atoms with van der Waals surface area (Å²) in [7, 11) is 0. The van der Waals surface area contributed by atoms with Crippen molar-refractivity contribution in [2.24, 2.45) is 17.8 Å². The van der Waals surface area contributed by atoms with Crippen LogP contribution in [0.2, 0.25) is 0 Å². The van der Waals surface area contributed by atoms with Crippen LogP contribution in [-0.4, -0.2) is 11.1 Å². The van der Waals surface area contributed by atoms with Crippen LogP contribution in [0.25, 0.3) is 0 Å². The van der Waals surface area contributed by atoms with E-state index < -0.39 is 5.97 Å². The third-order valence-corrected chi connectivity index (χ3v) is 2.59. The third kappa shape index (κ3) is 0.732. The van der Waals surface area contributed by atoms with E-state index in [1.165, 1.54) is 6.42 Å². The Kier molecular flexibility index (Phi) is 0.875. The van der Waals surface area contributed by atoms with E-state index in [0.29, 0.717) is 0 Å². The highest BCUT2D eigenvalue weighted by molar-refractivity contribution is 5.70. The first-order valence-electron chi connectivity index (χ1n) is 3.50. The quantitative estimate of drug-likeness (QED) is 0.571. The van der Waals surface area contributed by atoms with Crippen LogP contribution in [0, 0.1) is 17.8 Å². The number of hydrogen-bond donors (Lipinski definition) is 1. The second-order valence-electron chi connectivity index (χ2n) is 3.26. The van der Waals surface area contributed by atoms with Gasteiger partial charge in [-0.05, 0) is 31.1 Å². The topological polar surface area (TPSA) is 37.3 Å². The van der Waals surface area contributed by atoms with Gasteiger partial charge in [0, 0.05) is 0 Å². The van der Waals surface area contributed by atoms with E-state index in [-0.39, 0.29) is 5.92 Å². The minimum absolute atomic E-state index is 0.00810. The first-order chi connectivity index (χ1) is 4.27. The van der Waals surface area contributed by atoms with Crippen LogP contribution in [0.15, 0.2) is 0 Å². The van der Waals surface area contributed by atoms with Crippen LogP contribution in [-0.2, 0) is 4.79 Å². The molecule has 2 nitrogen and oxygen atoms in total. The van der Waals surface area contributed by atoms with Gasteiger partial charge in [0.15, 0.2) is 0 Å². The molecule has 1 N–H and O–H groups in total. The molecule has 3 atom stereocenters. The summed E-state index contributed by atoms with van der Waals surface area (Å²) in [5, 5.41) is 8.55. The molecule has 0 spiro atoms. The summed E-state index contributed by atoms with van der Waals surface area (Å²) < 4.78 is 0. The number of fused-ring (bicyclic) bond motifs is 1. The normalized spacial score (nSPS) is 46.4. The van der Waals surface area contributed by atoms with E-state index in [0.717, 1.165) is 24.7 Å². The van der Waals surface area contributed by atoms with Crippen molar-refractivity contribution in [1.82, 2.24) is 0 Å². The van der Waals surface area contributed by atoms with Crippen molar-refractivity contribution in [3.63, 3.8) is 0 Å². The van der Waals surface area contributed by atoms with Gasteiger partial charge in [-0.15, -0.1) is 0 Å². The lowest BCUT2D eigenvalue weighted by molar-refractivity contribution is -0.141. The number of carboxylic acid groups (broad SMARTS) is 1. The van der Waals surface area contributed by atoms with E-state index in [1.807, 2.05) is 0 Å². The molecular weight excluding hydrogens is 116 g/mol. The van der Waals surface area contributed by atoms with Crippen LogP contribution in [0.4, 0.5) is 0 Å². The summed E-state index contributed by atoms with van der Waals surface area (Å²) in [6, 6.07) is 0. The van der Waals surface area contributed by atoms with Crippen LogP contribution in [0.3, 0.4) is 0 Å². The standard InChI is InChI=1S/C7H10O2/c8-7(9)6-2-4-1-5(4)3-6/h4-6H,1-3H2,(H,8,9)/t4-,5+,6?. The largest absolute Gasteiger partial charge is 0.481 e. The van der Waals surface area contributed by atoms with Gasteiger partial charge in [-0.2, -0.15) is 0 Å². The first-order valence-corrected chi connectivity index (χ1v) is 3.50. The second-order valence-corrected chi connectivity index (χ2v) is 3.26. The molecule has 0 aromatic rings. The summed E-state index contributed by atoms with van der Waals surface area (Å²) in [6.45, 7) is 0. The van der Waals surface area contributed by atoms with E-state index in [4.69, 9.17) is 5.11 Å². The molecule has 0 bridgehead atoms. The summed E-state index contributed by atoms with van der Waals surface area (Å²) in [4.78, 5) is 10.4. The molecule has 0 radical (unpaired) electrons. The van der Waals surface area contributed by atoms with Gasteiger partial charge in [-0.3, -0.25) is 4.79 Å². The molecular formula is C7H10O2. The van der Waals surface area contributed by atoms with E-state index in [9.17, 15) is 4.79 Å². The van der Waals surface area contributed by atoms with E-state index in [1.54, 1.807) is 0 Å². The van der Waals surface area contributed by atoms with Crippen molar-refractivity contribution in [3.8, 4) is 0 Å². The molecule has 2 aliphatic rings. The number of hydrogen-bond acceptors (Lipinski definition) is 1. The first kappa shape index (κ1) is 5.27. The van der Waals surface area contributed by atoms with Gasteiger partial charge in [-0.25, -0.2) is 0 Å². The van der Waals surface area contributed by atoms with Gasteiger partial charge < -0.3 is 5.11 Å². The van der Waals surface area contributed by atoms with Crippen LogP contribution < -0.4 is 0 Å². The Bertz CT molecular complexity index is 143. The molecule has 0 aromatic heterocycles. The fourth-order valence-corrected chi connectivity index (χ4v) is 1.92. The lowest BCUT2D eigenvalue weighted by Gasteiger charge is -2.02. The van der Waals surface area contributed by atoms with E-state index >= 15 is 0 Å². The zero-order valence-electron chi connectivity index (χ0n) is 5.21. The van der Waals surface area contributed by atoms with Gasteiger partial charge in [-0.1, -0.05) is 0 Å². The second kappa shape index (κ2) is 1.49. The van der Waals surface area contributed by atoms with Gasteiger partial charge in [0.05, 0.1) is 5.92 Å². The molecule has 2 saturated carbocycles. The van der Waals surface area contributed by atoms with E-state index in [2.05, 4.69) is 0 Å². The Hall–Kier alpha value is -0.530. The smallest absolute Gasteiger partial charge is 0.306 e. The Labute approximate surface area is 53.9 Å². The number of carbonyl (C=O) groups is 1. The van der Waals surface area contributed by atoms with Crippen LogP contribution >= 0.6 is 0 Å². The highest BCUT2D eigenvalue weighted by atomic mass is 16.4. The predicted octanol–water partition coefficient (Wildman–Crippen LogP) is 1.12. The summed E-state index contributed by atoms with van der Waals surface area (Å²) in [5.41, 5.74) is 0. The average molecular weight is 126 g/mol. The predicted molar refractivity (Wildman–Crippen MR) is 32.0 cm³/mol. The van der Waals surface area contributed by atoms with Crippen molar-refractivity contribution in [1.29, 1.82) is 0 Å².